The predicted octanol–water partition coefficient (Wildman–Crippen LogP) is 0.936. The zero-order valence-electron chi connectivity index (χ0n) is 28.9. The Bertz CT molecular complexity index is 1250. The van der Waals surface area contributed by atoms with E-state index in [0.717, 1.165) is 56.9 Å². The lowest BCUT2D eigenvalue weighted by atomic mass is 9.43. The highest BCUT2D eigenvalue weighted by atomic mass is 16.7. The molecular formula is C36H56O13. The first-order chi connectivity index (χ1) is 23.4. The van der Waals surface area contributed by atoms with Crippen LogP contribution in [0.2, 0.25) is 0 Å². The summed E-state index contributed by atoms with van der Waals surface area (Å²) in [5.74, 6) is 0.420. The second-order valence-corrected chi connectivity index (χ2v) is 16.3. The summed E-state index contributed by atoms with van der Waals surface area (Å²) in [5.41, 5.74) is -0.422. The molecule has 4 aliphatic carbocycles. The van der Waals surface area contributed by atoms with Crippen molar-refractivity contribution in [1.29, 1.82) is 0 Å². The third-order valence-corrected chi connectivity index (χ3v) is 14.3. The van der Waals surface area contributed by atoms with Gasteiger partial charge in [-0.1, -0.05) is 6.92 Å². The first-order valence-electron chi connectivity index (χ1n) is 18.4. The van der Waals surface area contributed by atoms with Crippen LogP contribution in [-0.2, 0) is 33.2 Å². The maximum absolute atomic E-state index is 12.5. The highest BCUT2D eigenvalue weighted by Gasteiger charge is 2.68. The minimum Gasteiger partial charge on any atom is -0.458 e. The number of aliphatic hydroxyl groups is 6. The molecule has 0 aromatic carbocycles. The third kappa shape index (κ3) is 5.83. The molecular weight excluding hydrogens is 640 g/mol. The lowest BCUT2D eigenvalue weighted by molar-refractivity contribution is -0.345. The Hall–Kier alpha value is -1.23. The van der Waals surface area contributed by atoms with E-state index < -0.39 is 67.5 Å². The number of carbonyl (C=O) groups is 1. The molecule has 7 aliphatic rings. The van der Waals surface area contributed by atoms with Crippen molar-refractivity contribution >= 4 is 5.97 Å². The van der Waals surface area contributed by atoms with Crippen molar-refractivity contribution in [3.05, 3.63) is 11.6 Å². The van der Waals surface area contributed by atoms with E-state index >= 15 is 0 Å². The topological polar surface area (TPSA) is 194 Å². The van der Waals surface area contributed by atoms with Crippen molar-refractivity contribution in [2.45, 2.75) is 145 Å². The van der Waals surface area contributed by atoms with Gasteiger partial charge in [-0.05, 0) is 99.4 Å². The molecule has 13 heteroatoms. The maximum Gasteiger partial charge on any atom is 0.331 e. The largest absolute Gasteiger partial charge is 0.458 e. The molecule has 0 aromatic rings. The summed E-state index contributed by atoms with van der Waals surface area (Å²) in [6.07, 6.45) is 0.280. The quantitative estimate of drug-likeness (QED) is 0.155. The van der Waals surface area contributed by atoms with E-state index in [2.05, 4.69) is 6.92 Å². The minimum absolute atomic E-state index is 0.0708. The van der Waals surface area contributed by atoms with Crippen LogP contribution in [0.1, 0.15) is 78.1 Å². The fraction of sp³-hybridized carbons (Fsp3) is 0.917. The Morgan fingerprint density at radius 1 is 0.918 bits per heavy atom. The molecule has 0 radical (unpaired) electrons. The van der Waals surface area contributed by atoms with Crippen molar-refractivity contribution < 1.29 is 63.9 Å². The van der Waals surface area contributed by atoms with Gasteiger partial charge in [0.1, 0.15) is 37.1 Å². The van der Waals surface area contributed by atoms with Crippen LogP contribution in [-0.4, -0.2) is 131 Å². The summed E-state index contributed by atoms with van der Waals surface area (Å²) in [5, 5.41) is 64.1. The number of ether oxygens (including phenoxy) is 6. The lowest BCUT2D eigenvalue weighted by Gasteiger charge is -2.64. The molecule has 6 fully saturated rings. The van der Waals surface area contributed by atoms with Crippen LogP contribution in [0.3, 0.4) is 0 Å². The molecule has 49 heavy (non-hydrogen) atoms. The molecule has 3 heterocycles. The van der Waals surface area contributed by atoms with Crippen LogP contribution in [0, 0.1) is 34.5 Å². The summed E-state index contributed by atoms with van der Waals surface area (Å²) in [6, 6.07) is 0. The third-order valence-electron chi connectivity index (χ3n) is 14.3. The van der Waals surface area contributed by atoms with E-state index in [4.69, 9.17) is 28.4 Å². The van der Waals surface area contributed by atoms with Gasteiger partial charge >= 0.3 is 5.97 Å². The van der Waals surface area contributed by atoms with Crippen molar-refractivity contribution in [3.63, 3.8) is 0 Å². The Balaban J connectivity index is 0.988. The molecule has 0 amide bonds. The van der Waals surface area contributed by atoms with Gasteiger partial charge in [0.25, 0.3) is 0 Å². The number of carbonyl (C=O) groups excluding carboxylic acids is 1. The highest BCUT2D eigenvalue weighted by molar-refractivity contribution is 5.85. The van der Waals surface area contributed by atoms with Gasteiger partial charge in [-0.15, -0.1) is 0 Å². The second kappa shape index (κ2) is 13.6. The van der Waals surface area contributed by atoms with Gasteiger partial charge in [0, 0.05) is 31.6 Å². The van der Waals surface area contributed by atoms with E-state index in [-0.39, 0.29) is 53.2 Å². The first-order valence-corrected chi connectivity index (χ1v) is 18.4. The molecule has 6 N–H and O–H groups in total. The average Bonchev–Trinajstić information content (AvgIpc) is 3.64. The summed E-state index contributed by atoms with van der Waals surface area (Å²) >= 11 is 0. The molecule has 17 atom stereocenters. The molecule has 0 spiro atoms. The normalized spacial score (nSPS) is 52.9. The van der Waals surface area contributed by atoms with Gasteiger partial charge in [-0.3, -0.25) is 0 Å². The molecule has 4 saturated carbocycles. The molecule has 278 valence electrons. The van der Waals surface area contributed by atoms with Crippen LogP contribution < -0.4 is 0 Å². The van der Waals surface area contributed by atoms with Gasteiger partial charge in [0.05, 0.1) is 30.5 Å². The molecule has 17 unspecified atom stereocenters. The van der Waals surface area contributed by atoms with E-state index in [0.29, 0.717) is 19.4 Å². The number of methoxy groups -OCH3 is 1. The van der Waals surface area contributed by atoms with Crippen LogP contribution in [0.4, 0.5) is 0 Å². The van der Waals surface area contributed by atoms with Crippen molar-refractivity contribution in [3.8, 4) is 0 Å². The average molecular weight is 697 g/mol. The number of esters is 1. The van der Waals surface area contributed by atoms with E-state index in [1.165, 1.54) is 0 Å². The van der Waals surface area contributed by atoms with Crippen LogP contribution in [0.5, 0.6) is 0 Å². The number of rotatable bonds is 8. The van der Waals surface area contributed by atoms with Crippen LogP contribution in [0.15, 0.2) is 11.6 Å². The van der Waals surface area contributed by atoms with Crippen molar-refractivity contribution in [2.75, 3.05) is 26.9 Å². The number of fused-ring (bicyclic) bond motifs is 5. The van der Waals surface area contributed by atoms with E-state index in [1.807, 2.05) is 6.92 Å². The first kappa shape index (κ1) is 36.1. The smallest absolute Gasteiger partial charge is 0.331 e. The SMILES string of the molecule is COC1CC(OC2CCC3(CO)C(CCC4C3CCC3(C)C(C5=CC(=O)OC5)CCC43O)C2)OC(C)C1OC1OC(CO)C(O)C(O)C1O. The summed E-state index contributed by atoms with van der Waals surface area (Å²) in [6.45, 7) is 3.90. The zero-order valence-corrected chi connectivity index (χ0v) is 28.9. The van der Waals surface area contributed by atoms with Gasteiger partial charge in [-0.25, -0.2) is 4.79 Å². The van der Waals surface area contributed by atoms with Gasteiger partial charge < -0.3 is 59.1 Å². The Morgan fingerprint density at radius 2 is 1.71 bits per heavy atom. The van der Waals surface area contributed by atoms with Gasteiger partial charge in [0.15, 0.2) is 12.6 Å². The zero-order chi connectivity index (χ0) is 34.9. The monoisotopic (exact) mass is 696 g/mol. The fourth-order valence-corrected chi connectivity index (χ4v) is 11.7. The Morgan fingerprint density at radius 3 is 2.41 bits per heavy atom. The lowest BCUT2D eigenvalue weighted by Crippen LogP contribution is -2.64. The number of hydrogen-bond donors (Lipinski definition) is 6. The number of aliphatic hydroxyl groups excluding tert-OH is 5. The van der Waals surface area contributed by atoms with Crippen molar-refractivity contribution in [2.24, 2.45) is 34.5 Å². The maximum atomic E-state index is 12.5. The van der Waals surface area contributed by atoms with Crippen LogP contribution >= 0.6 is 0 Å². The van der Waals surface area contributed by atoms with Crippen molar-refractivity contribution in [1.82, 2.24) is 0 Å². The number of cyclic esters (lactones) is 1. The van der Waals surface area contributed by atoms with Gasteiger partial charge in [-0.2, -0.15) is 0 Å². The summed E-state index contributed by atoms with van der Waals surface area (Å²) < 4.78 is 35.5. The Labute approximate surface area is 287 Å². The van der Waals surface area contributed by atoms with E-state index in [1.54, 1.807) is 13.2 Å². The molecule has 3 aliphatic heterocycles. The fourth-order valence-electron chi connectivity index (χ4n) is 11.7. The molecule has 2 saturated heterocycles. The molecule has 0 bridgehead atoms. The Kier molecular flexibility index (Phi) is 10.1. The minimum atomic E-state index is -1.55. The summed E-state index contributed by atoms with van der Waals surface area (Å²) in [4.78, 5) is 11.9. The second-order valence-electron chi connectivity index (χ2n) is 16.3. The number of hydrogen-bond acceptors (Lipinski definition) is 13. The molecule has 13 nitrogen and oxygen atoms in total. The highest BCUT2D eigenvalue weighted by Crippen LogP contribution is 2.70. The molecule has 7 rings (SSSR count). The summed E-state index contributed by atoms with van der Waals surface area (Å²) in [7, 11) is 1.56. The predicted molar refractivity (Wildman–Crippen MR) is 170 cm³/mol. The molecule has 0 aromatic heterocycles. The van der Waals surface area contributed by atoms with Crippen LogP contribution in [0.25, 0.3) is 0 Å². The van der Waals surface area contributed by atoms with E-state index in [9.17, 15) is 35.4 Å². The van der Waals surface area contributed by atoms with Gasteiger partial charge in [0.2, 0.25) is 0 Å². The standard InChI is InChI=1S/C36H56O13/c1-18-32(49-33-31(42)30(41)29(40)26(15-37)48-33)25(44-3)14-28(46-18)47-21-6-10-35(17-38)20(13-21)4-5-24-23(35)7-9-34(2)22(8-11-36(24,34)43)19-12-27(39)45-16-19/h12,18,20-26,28-33,37-38,40-43H,4-11,13-17H2,1-3H3.